The van der Waals surface area contributed by atoms with Crippen molar-refractivity contribution < 1.29 is 9.18 Å². The molecule has 3 N–H and O–H groups in total. The molecule has 2 aromatic carbocycles. The first kappa shape index (κ1) is 19.2. The molecule has 0 aliphatic carbocycles. The first-order valence-electron chi connectivity index (χ1n) is 8.84. The van der Waals surface area contributed by atoms with E-state index in [-0.39, 0.29) is 17.6 Å². The van der Waals surface area contributed by atoms with E-state index in [2.05, 4.69) is 20.9 Å². The first-order chi connectivity index (χ1) is 13.1. The van der Waals surface area contributed by atoms with Gasteiger partial charge in [-0.1, -0.05) is 35.9 Å². The van der Waals surface area contributed by atoms with Crippen LogP contribution in [0.4, 0.5) is 10.1 Å². The zero-order valence-corrected chi connectivity index (χ0v) is 15.8. The van der Waals surface area contributed by atoms with Gasteiger partial charge in [0, 0.05) is 43.2 Å². The van der Waals surface area contributed by atoms with E-state index in [0.717, 1.165) is 16.8 Å². The standard InChI is InChI=1S/C20H22ClFN4O/c1-23-20(24-9-8-13-6-7-15(22)11-17(13)21)25-12-14-10-19(27)26-18-5-3-2-4-16(14)18/h2-7,11,14H,8-10,12H2,1H3,(H,26,27)(H2,23,24,25). The number of para-hydroxylation sites is 1. The molecule has 0 radical (unpaired) electrons. The van der Waals surface area contributed by atoms with Gasteiger partial charge in [0.2, 0.25) is 5.91 Å². The third kappa shape index (κ3) is 4.98. The number of benzene rings is 2. The predicted octanol–water partition coefficient (Wildman–Crippen LogP) is 3.31. The summed E-state index contributed by atoms with van der Waals surface area (Å²) in [6.07, 6.45) is 1.08. The molecule has 0 aromatic heterocycles. The number of carbonyl (C=O) groups excluding carboxylic acids is 1. The number of amides is 1. The second kappa shape index (κ2) is 8.86. The Labute approximate surface area is 163 Å². The summed E-state index contributed by atoms with van der Waals surface area (Å²) in [5.41, 5.74) is 2.87. The van der Waals surface area contributed by atoms with E-state index in [1.54, 1.807) is 13.1 Å². The summed E-state index contributed by atoms with van der Waals surface area (Å²) in [4.78, 5) is 16.1. The number of guanidine groups is 1. The number of anilines is 1. The summed E-state index contributed by atoms with van der Waals surface area (Å²) >= 11 is 6.05. The number of hydrogen-bond acceptors (Lipinski definition) is 2. The molecular formula is C20H22ClFN4O. The number of rotatable bonds is 5. The molecule has 3 rings (SSSR count). The van der Waals surface area contributed by atoms with Crippen LogP contribution in [0, 0.1) is 5.82 Å². The highest BCUT2D eigenvalue weighted by Crippen LogP contribution is 2.31. The number of fused-ring (bicyclic) bond motifs is 1. The molecule has 0 saturated carbocycles. The Morgan fingerprint density at radius 1 is 1.30 bits per heavy atom. The number of halogens is 2. The molecule has 0 saturated heterocycles. The van der Waals surface area contributed by atoms with E-state index in [9.17, 15) is 9.18 Å². The van der Waals surface area contributed by atoms with Gasteiger partial charge in [0.15, 0.2) is 5.96 Å². The van der Waals surface area contributed by atoms with Crippen molar-refractivity contribution in [3.63, 3.8) is 0 Å². The van der Waals surface area contributed by atoms with Gasteiger partial charge in [-0.15, -0.1) is 0 Å². The lowest BCUT2D eigenvalue weighted by atomic mass is 9.90. The number of carbonyl (C=O) groups is 1. The Morgan fingerprint density at radius 2 is 2.11 bits per heavy atom. The highest BCUT2D eigenvalue weighted by atomic mass is 35.5. The highest BCUT2D eigenvalue weighted by molar-refractivity contribution is 6.31. The van der Waals surface area contributed by atoms with Crippen molar-refractivity contribution in [2.45, 2.75) is 18.8 Å². The third-order valence-corrected chi connectivity index (χ3v) is 4.90. The van der Waals surface area contributed by atoms with Crippen molar-refractivity contribution in [3.05, 3.63) is 64.4 Å². The smallest absolute Gasteiger partial charge is 0.225 e. The van der Waals surface area contributed by atoms with Crippen LogP contribution in [-0.2, 0) is 11.2 Å². The molecule has 1 heterocycles. The maximum atomic E-state index is 13.1. The van der Waals surface area contributed by atoms with E-state index in [1.807, 2.05) is 24.3 Å². The summed E-state index contributed by atoms with van der Waals surface area (Å²) < 4.78 is 13.1. The van der Waals surface area contributed by atoms with E-state index in [0.29, 0.717) is 36.9 Å². The fraction of sp³-hybridized carbons (Fsp3) is 0.300. The van der Waals surface area contributed by atoms with Crippen molar-refractivity contribution in [2.75, 3.05) is 25.5 Å². The van der Waals surface area contributed by atoms with Gasteiger partial charge in [0.05, 0.1) is 0 Å². The second-order valence-corrected chi connectivity index (χ2v) is 6.81. The first-order valence-corrected chi connectivity index (χ1v) is 9.22. The molecule has 2 aromatic rings. The van der Waals surface area contributed by atoms with Crippen LogP contribution >= 0.6 is 11.6 Å². The van der Waals surface area contributed by atoms with Crippen molar-refractivity contribution in [1.29, 1.82) is 0 Å². The summed E-state index contributed by atoms with van der Waals surface area (Å²) in [5.74, 6) is 0.414. The summed E-state index contributed by atoms with van der Waals surface area (Å²) in [6.45, 7) is 1.20. The average Bonchev–Trinajstić information content (AvgIpc) is 2.65. The Morgan fingerprint density at radius 3 is 2.89 bits per heavy atom. The molecule has 0 fully saturated rings. The van der Waals surface area contributed by atoms with Gasteiger partial charge in [-0.3, -0.25) is 9.79 Å². The normalized spacial score (nSPS) is 16.5. The van der Waals surface area contributed by atoms with Crippen LogP contribution < -0.4 is 16.0 Å². The number of aliphatic imine (C=N–C) groups is 1. The van der Waals surface area contributed by atoms with Crippen LogP contribution in [-0.4, -0.2) is 32.0 Å². The fourth-order valence-corrected chi connectivity index (χ4v) is 3.43. The van der Waals surface area contributed by atoms with Crippen molar-refractivity contribution in [3.8, 4) is 0 Å². The number of nitrogens with zero attached hydrogens (tertiary/aromatic N) is 1. The molecule has 7 heteroatoms. The summed E-state index contributed by atoms with van der Waals surface area (Å²) in [6, 6.07) is 12.2. The molecule has 1 atom stereocenters. The van der Waals surface area contributed by atoms with Gasteiger partial charge in [-0.25, -0.2) is 4.39 Å². The number of nitrogens with one attached hydrogen (secondary N) is 3. The van der Waals surface area contributed by atoms with Crippen molar-refractivity contribution in [2.24, 2.45) is 4.99 Å². The van der Waals surface area contributed by atoms with Gasteiger partial charge >= 0.3 is 0 Å². The zero-order chi connectivity index (χ0) is 19.2. The van der Waals surface area contributed by atoms with E-state index >= 15 is 0 Å². The highest BCUT2D eigenvalue weighted by Gasteiger charge is 2.24. The zero-order valence-electron chi connectivity index (χ0n) is 15.1. The molecule has 27 heavy (non-hydrogen) atoms. The molecule has 1 unspecified atom stereocenters. The lowest BCUT2D eigenvalue weighted by Crippen LogP contribution is -2.41. The van der Waals surface area contributed by atoms with Gasteiger partial charge < -0.3 is 16.0 Å². The maximum absolute atomic E-state index is 13.1. The predicted molar refractivity (Wildman–Crippen MR) is 107 cm³/mol. The van der Waals surface area contributed by atoms with Crippen LogP contribution in [0.5, 0.6) is 0 Å². The Balaban J connectivity index is 1.53. The molecule has 5 nitrogen and oxygen atoms in total. The van der Waals surface area contributed by atoms with Crippen molar-refractivity contribution >= 4 is 29.2 Å². The average molecular weight is 389 g/mol. The van der Waals surface area contributed by atoms with Gasteiger partial charge in [-0.2, -0.15) is 0 Å². The van der Waals surface area contributed by atoms with Gasteiger partial charge in [0.1, 0.15) is 5.82 Å². The van der Waals surface area contributed by atoms with Crippen molar-refractivity contribution in [1.82, 2.24) is 10.6 Å². The van der Waals surface area contributed by atoms with Crippen LogP contribution in [0.1, 0.15) is 23.5 Å². The van der Waals surface area contributed by atoms with Crippen LogP contribution in [0.2, 0.25) is 5.02 Å². The van der Waals surface area contributed by atoms with Gasteiger partial charge in [-0.05, 0) is 35.7 Å². The lowest BCUT2D eigenvalue weighted by molar-refractivity contribution is -0.116. The third-order valence-electron chi connectivity index (χ3n) is 4.55. The molecule has 142 valence electrons. The Hall–Kier alpha value is -2.60. The Bertz CT molecular complexity index is 856. The minimum Gasteiger partial charge on any atom is -0.356 e. The molecule has 0 bridgehead atoms. The molecule has 1 amide bonds. The van der Waals surface area contributed by atoms with E-state index in [4.69, 9.17) is 11.6 Å². The minimum absolute atomic E-state index is 0.0226. The SMILES string of the molecule is CN=C(NCCc1ccc(F)cc1Cl)NCC1CC(=O)Nc2ccccc21. The van der Waals surface area contributed by atoms with Crippen LogP contribution in [0.25, 0.3) is 0 Å². The largest absolute Gasteiger partial charge is 0.356 e. The second-order valence-electron chi connectivity index (χ2n) is 6.40. The maximum Gasteiger partial charge on any atom is 0.225 e. The van der Waals surface area contributed by atoms with Gasteiger partial charge in [0.25, 0.3) is 0 Å². The summed E-state index contributed by atoms with van der Waals surface area (Å²) in [5, 5.41) is 9.82. The summed E-state index contributed by atoms with van der Waals surface area (Å²) in [7, 11) is 1.70. The minimum atomic E-state index is -0.342. The lowest BCUT2D eigenvalue weighted by Gasteiger charge is -2.26. The van der Waals surface area contributed by atoms with Crippen LogP contribution in [0.15, 0.2) is 47.5 Å². The monoisotopic (exact) mass is 388 g/mol. The molecule has 1 aliphatic heterocycles. The molecule has 1 aliphatic rings. The Kier molecular flexibility index (Phi) is 6.29. The number of hydrogen-bond donors (Lipinski definition) is 3. The molecular weight excluding hydrogens is 367 g/mol. The van der Waals surface area contributed by atoms with Crippen LogP contribution in [0.3, 0.4) is 0 Å². The quantitative estimate of drug-likeness (QED) is 0.544. The van der Waals surface area contributed by atoms with E-state index in [1.165, 1.54) is 12.1 Å². The topological polar surface area (TPSA) is 65.5 Å². The van der Waals surface area contributed by atoms with E-state index < -0.39 is 0 Å². The molecule has 0 spiro atoms. The fourth-order valence-electron chi connectivity index (χ4n) is 3.16.